The van der Waals surface area contributed by atoms with Crippen LogP contribution in [0.25, 0.3) is 0 Å². The molecule has 0 aliphatic rings. The number of hydrogen-bond donors (Lipinski definition) is 4. The van der Waals surface area contributed by atoms with Gasteiger partial charge in [0.1, 0.15) is 6.11 Å². The van der Waals surface area contributed by atoms with E-state index in [1.54, 1.807) is 6.11 Å². The Balaban J connectivity index is 4.00. The molecular weight excluding hydrogens is 218 g/mol. The van der Waals surface area contributed by atoms with Crippen LogP contribution in [0.1, 0.15) is 27.7 Å². The number of nitrogens with one attached hydrogen (secondary N) is 3. The number of carbonyl (C=O) groups is 1. The summed E-state index contributed by atoms with van der Waals surface area (Å²) in [6.45, 7) is 9.18. The highest BCUT2D eigenvalue weighted by atomic mass is 16.2. The Labute approximate surface area is 103 Å². The van der Waals surface area contributed by atoms with Crippen molar-refractivity contribution in [2.45, 2.75) is 45.8 Å². The lowest BCUT2D eigenvalue weighted by Gasteiger charge is -2.16. The fourth-order valence-electron chi connectivity index (χ4n) is 1.23. The smallest absolute Gasteiger partial charge is 0.249 e. The average Bonchev–Trinajstić information content (AvgIpc) is 2.22. The second kappa shape index (κ2) is 8.85. The highest BCUT2D eigenvalue weighted by Crippen LogP contribution is 1.86. The summed E-state index contributed by atoms with van der Waals surface area (Å²) in [4.78, 5) is 11.7. The van der Waals surface area contributed by atoms with Gasteiger partial charge in [0.2, 0.25) is 5.91 Å². The second-order valence-electron chi connectivity index (χ2n) is 4.41. The predicted octanol–water partition coefficient (Wildman–Crippen LogP) is -0.199. The van der Waals surface area contributed by atoms with E-state index >= 15 is 0 Å². The Bertz CT molecular complexity index is 279. The van der Waals surface area contributed by atoms with E-state index in [1.165, 1.54) is 0 Å². The van der Waals surface area contributed by atoms with E-state index in [2.05, 4.69) is 21.9 Å². The van der Waals surface area contributed by atoms with Crippen LogP contribution in [-0.4, -0.2) is 42.2 Å². The van der Waals surface area contributed by atoms with Gasteiger partial charge >= 0.3 is 0 Å². The molecule has 0 aliphatic carbocycles. The summed E-state index contributed by atoms with van der Waals surface area (Å²) in [7, 11) is 0. The van der Waals surface area contributed by atoms with E-state index in [0.717, 1.165) is 0 Å². The lowest BCUT2D eigenvalue weighted by Crippen LogP contribution is -2.47. The Hall–Kier alpha value is -1.25. The second-order valence-corrected chi connectivity index (χ2v) is 4.41. The molecule has 0 fully saturated rings. The monoisotopic (exact) mass is 241 g/mol. The van der Waals surface area contributed by atoms with Crippen molar-refractivity contribution in [3.63, 3.8) is 0 Å². The summed E-state index contributed by atoms with van der Waals surface area (Å²) in [5, 5.41) is 17.5. The molecule has 98 valence electrons. The van der Waals surface area contributed by atoms with Crippen molar-refractivity contribution in [1.82, 2.24) is 16.0 Å². The average molecular weight is 241 g/mol. The zero-order chi connectivity index (χ0) is 13.3. The van der Waals surface area contributed by atoms with Crippen molar-refractivity contribution in [2.75, 3.05) is 13.1 Å². The zero-order valence-electron chi connectivity index (χ0n) is 11.0. The number of hydrogen-bond acceptors (Lipinski definition) is 4. The summed E-state index contributed by atoms with van der Waals surface area (Å²) in [6, 6.07) is -0.145. The molecule has 0 aromatic carbocycles. The van der Waals surface area contributed by atoms with Gasteiger partial charge in [0.25, 0.3) is 0 Å². The molecule has 5 nitrogen and oxygen atoms in total. The molecule has 0 radical (unpaired) electrons. The van der Waals surface area contributed by atoms with Gasteiger partial charge in [-0.3, -0.25) is 10.1 Å². The van der Waals surface area contributed by atoms with Gasteiger partial charge in [-0.15, -0.1) is 0 Å². The van der Waals surface area contributed by atoms with Crippen LogP contribution in [0, 0.1) is 12.0 Å². The Morgan fingerprint density at radius 3 is 2.29 bits per heavy atom. The summed E-state index contributed by atoms with van der Waals surface area (Å²) in [6.07, 6.45) is 1.77. The number of amides is 1. The Morgan fingerprint density at radius 1 is 1.18 bits per heavy atom. The molecule has 0 aromatic rings. The summed E-state index contributed by atoms with van der Waals surface area (Å²) < 4.78 is 0. The van der Waals surface area contributed by atoms with Gasteiger partial charge in [0.15, 0.2) is 6.04 Å². The van der Waals surface area contributed by atoms with Crippen LogP contribution in [0.3, 0.4) is 0 Å². The van der Waals surface area contributed by atoms with E-state index in [1.807, 2.05) is 27.7 Å². The van der Waals surface area contributed by atoms with E-state index in [4.69, 9.17) is 5.11 Å². The number of rotatable bonds is 7. The normalized spacial score (nSPS) is 12.1. The number of aliphatic hydroxyl groups excluding tert-OH is 1. The van der Waals surface area contributed by atoms with E-state index in [9.17, 15) is 4.79 Å². The molecular formula is C12H23N3O2. The van der Waals surface area contributed by atoms with E-state index < -0.39 is 6.04 Å². The third kappa shape index (κ3) is 8.55. The fraction of sp³-hybridized carbons (Fsp3) is 0.750. The molecule has 4 N–H and O–H groups in total. The maximum absolute atomic E-state index is 11.7. The van der Waals surface area contributed by atoms with Gasteiger partial charge in [-0.2, -0.15) is 0 Å². The van der Waals surface area contributed by atoms with Crippen molar-refractivity contribution in [3.8, 4) is 12.0 Å². The molecule has 0 heterocycles. The minimum atomic E-state index is -0.668. The van der Waals surface area contributed by atoms with Crippen LogP contribution in [0.15, 0.2) is 0 Å². The number of aliphatic hydroxyl groups is 1. The Kier molecular flexibility index (Phi) is 8.20. The SMILES string of the molecule is CC(C)NCCNC(=O)[C@H](C#CO)NC(C)C. The zero-order valence-corrected chi connectivity index (χ0v) is 11.0. The van der Waals surface area contributed by atoms with Crippen LogP contribution >= 0.6 is 0 Å². The lowest BCUT2D eigenvalue weighted by molar-refractivity contribution is -0.121. The molecule has 17 heavy (non-hydrogen) atoms. The van der Waals surface area contributed by atoms with E-state index in [0.29, 0.717) is 19.1 Å². The van der Waals surface area contributed by atoms with Crippen molar-refractivity contribution in [1.29, 1.82) is 0 Å². The first-order chi connectivity index (χ1) is 7.97. The molecule has 0 aromatic heterocycles. The lowest BCUT2D eigenvalue weighted by atomic mass is 10.2. The topological polar surface area (TPSA) is 73.4 Å². The van der Waals surface area contributed by atoms with Crippen molar-refractivity contribution in [2.24, 2.45) is 0 Å². The van der Waals surface area contributed by atoms with Gasteiger partial charge in [-0.05, 0) is 19.8 Å². The van der Waals surface area contributed by atoms with Gasteiger partial charge in [-0.1, -0.05) is 13.8 Å². The van der Waals surface area contributed by atoms with Crippen molar-refractivity contribution < 1.29 is 9.90 Å². The van der Waals surface area contributed by atoms with Crippen LogP contribution < -0.4 is 16.0 Å². The van der Waals surface area contributed by atoms with Gasteiger partial charge in [-0.25, -0.2) is 0 Å². The molecule has 0 rings (SSSR count). The molecule has 0 spiro atoms. The summed E-state index contributed by atoms with van der Waals surface area (Å²) in [5.41, 5.74) is 0. The molecule has 0 bridgehead atoms. The first-order valence-corrected chi connectivity index (χ1v) is 5.89. The highest BCUT2D eigenvalue weighted by molar-refractivity contribution is 5.84. The first kappa shape index (κ1) is 15.8. The summed E-state index contributed by atoms with van der Waals surface area (Å²) >= 11 is 0. The molecule has 0 saturated heterocycles. The largest absolute Gasteiger partial charge is 0.462 e. The first-order valence-electron chi connectivity index (χ1n) is 5.89. The van der Waals surface area contributed by atoms with Crippen LogP contribution in [0.5, 0.6) is 0 Å². The van der Waals surface area contributed by atoms with Crippen LogP contribution in [0.2, 0.25) is 0 Å². The molecule has 5 heteroatoms. The van der Waals surface area contributed by atoms with Gasteiger partial charge in [0, 0.05) is 25.2 Å². The fourth-order valence-corrected chi connectivity index (χ4v) is 1.23. The third-order valence-electron chi connectivity index (χ3n) is 1.95. The minimum Gasteiger partial charge on any atom is -0.462 e. The van der Waals surface area contributed by atoms with Gasteiger partial charge < -0.3 is 15.7 Å². The predicted molar refractivity (Wildman–Crippen MR) is 67.9 cm³/mol. The van der Waals surface area contributed by atoms with Crippen molar-refractivity contribution >= 4 is 5.91 Å². The summed E-state index contributed by atoms with van der Waals surface area (Å²) in [5.74, 6) is 2.21. The third-order valence-corrected chi connectivity index (χ3v) is 1.95. The van der Waals surface area contributed by atoms with E-state index in [-0.39, 0.29) is 11.9 Å². The molecule has 0 unspecified atom stereocenters. The number of carbonyl (C=O) groups excluding carboxylic acids is 1. The molecule has 0 aliphatic heterocycles. The molecule has 1 amide bonds. The van der Waals surface area contributed by atoms with Crippen molar-refractivity contribution in [3.05, 3.63) is 0 Å². The van der Waals surface area contributed by atoms with Crippen LogP contribution in [-0.2, 0) is 4.79 Å². The standard InChI is InChI=1S/C12H23N3O2/c1-9(2)13-6-7-14-12(17)11(5-8-16)15-10(3)4/h9-11,13,15-16H,6-7H2,1-4H3,(H,14,17)/t11-/m0/s1. The maximum Gasteiger partial charge on any atom is 0.249 e. The minimum absolute atomic E-state index is 0.125. The Morgan fingerprint density at radius 2 is 1.82 bits per heavy atom. The molecule has 0 saturated carbocycles. The van der Waals surface area contributed by atoms with Gasteiger partial charge in [0.05, 0.1) is 0 Å². The quantitative estimate of drug-likeness (QED) is 0.368. The maximum atomic E-state index is 11.7. The highest BCUT2D eigenvalue weighted by Gasteiger charge is 2.15. The van der Waals surface area contributed by atoms with Crippen LogP contribution in [0.4, 0.5) is 0 Å². The molecule has 1 atom stereocenters.